The molecule has 3 N–H and O–H groups in total. The van der Waals surface area contributed by atoms with Crippen molar-refractivity contribution in [3.05, 3.63) is 60.1 Å². The number of hydrogen-bond acceptors (Lipinski definition) is 3. The van der Waals surface area contributed by atoms with E-state index in [0.717, 1.165) is 24.2 Å². The Bertz CT molecular complexity index is 717. The lowest BCUT2D eigenvalue weighted by Crippen LogP contribution is -2.88. The zero-order chi connectivity index (χ0) is 17.0. The molecular weight excluding hydrogens is 302 g/mol. The Kier molecular flexibility index (Phi) is 4.68. The van der Waals surface area contributed by atoms with Gasteiger partial charge in [-0.2, -0.15) is 5.26 Å². The summed E-state index contributed by atoms with van der Waals surface area (Å²) >= 11 is 0. The van der Waals surface area contributed by atoms with E-state index in [2.05, 4.69) is 11.4 Å². The van der Waals surface area contributed by atoms with Gasteiger partial charge < -0.3 is 15.1 Å². The second-order valence-electron chi connectivity index (χ2n) is 6.48. The molecule has 1 amide bonds. The van der Waals surface area contributed by atoms with Crippen LogP contribution < -0.4 is 10.6 Å². The Balaban J connectivity index is 1.66. The van der Waals surface area contributed by atoms with Crippen molar-refractivity contribution in [3.63, 3.8) is 0 Å². The monoisotopic (exact) mass is 324 g/mol. The topological polar surface area (TPSA) is 82.6 Å². The van der Waals surface area contributed by atoms with Crippen LogP contribution in [-0.4, -0.2) is 18.0 Å². The van der Waals surface area contributed by atoms with Crippen molar-refractivity contribution in [2.24, 2.45) is 5.92 Å². The average molecular weight is 324 g/mol. The zero-order valence-corrected chi connectivity index (χ0v) is 13.7. The number of nitrogens with zero attached hydrogens (tertiary/aromatic N) is 1. The smallest absolute Gasteiger partial charge is 0.276 e. The Hall–Kier alpha value is -2.58. The standard InChI is InChI=1S/C19H21N3O2/c1-19(13-20,15-9-10-15)22-17(23)12-21-18(16-8-5-11-24-16)14-6-3-2-4-7-14/h2-8,11,15,18,21H,9-10,12H2,1H3,(H,22,23)/p+1/t18-,19-/m1/s1. The summed E-state index contributed by atoms with van der Waals surface area (Å²) < 4.78 is 5.54. The number of amides is 1. The quantitative estimate of drug-likeness (QED) is 0.814. The molecule has 0 bridgehead atoms. The first-order valence-electron chi connectivity index (χ1n) is 8.26. The molecule has 0 aliphatic heterocycles. The Morgan fingerprint density at radius 1 is 1.38 bits per heavy atom. The van der Waals surface area contributed by atoms with Gasteiger partial charge in [-0.15, -0.1) is 0 Å². The fourth-order valence-corrected chi connectivity index (χ4v) is 2.99. The molecule has 0 saturated heterocycles. The molecule has 1 aromatic carbocycles. The number of hydrogen-bond donors (Lipinski definition) is 2. The van der Waals surface area contributed by atoms with Crippen LogP contribution in [0.25, 0.3) is 0 Å². The molecule has 24 heavy (non-hydrogen) atoms. The van der Waals surface area contributed by atoms with E-state index >= 15 is 0 Å². The van der Waals surface area contributed by atoms with Gasteiger partial charge in [-0.05, 0) is 37.8 Å². The molecule has 5 heteroatoms. The zero-order valence-electron chi connectivity index (χ0n) is 13.7. The third kappa shape index (κ3) is 3.66. The summed E-state index contributed by atoms with van der Waals surface area (Å²) in [7, 11) is 0. The number of carbonyl (C=O) groups excluding carboxylic acids is 1. The summed E-state index contributed by atoms with van der Waals surface area (Å²) in [6.07, 6.45) is 3.65. The Labute approximate surface area is 141 Å². The first-order chi connectivity index (χ1) is 11.6. The second kappa shape index (κ2) is 6.90. The number of nitriles is 1. The molecule has 1 fully saturated rings. The van der Waals surface area contributed by atoms with Crippen LogP contribution in [0, 0.1) is 17.2 Å². The van der Waals surface area contributed by atoms with Gasteiger partial charge >= 0.3 is 0 Å². The summed E-state index contributed by atoms with van der Waals surface area (Å²) in [5.74, 6) is 0.958. The molecule has 124 valence electrons. The van der Waals surface area contributed by atoms with Crippen molar-refractivity contribution in [1.29, 1.82) is 5.26 Å². The average Bonchev–Trinajstić information content (AvgIpc) is 3.33. The highest BCUT2D eigenvalue weighted by Gasteiger charge is 2.43. The van der Waals surface area contributed by atoms with Crippen LogP contribution in [0.5, 0.6) is 0 Å². The molecule has 1 aromatic heterocycles. The van der Waals surface area contributed by atoms with Gasteiger partial charge in [-0.3, -0.25) is 4.79 Å². The number of furan rings is 1. The minimum absolute atomic E-state index is 0.0822. The SMILES string of the molecule is C[C@](C#N)(NC(=O)C[NH2+][C@H](c1ccccc1)c1ccco1)C1CC1. The van der Waals surface area contributed by atoms with Gasteiger partial charge in [-0.1, -0.05) is 30.3 Å². The minimum Gasteiger partial charge on any atom is -0.463 e. The van der Waals surface area contributed by atoms with Crippen LogP contribution in [0.2, 0.25) is 0 Å². The van der Waals surface area contributed by atoms with Crippen LogP contribution in [0.3, 0.4) is 0 Å². The molecular formula is C19H22N3O2+. The van der Waals surface area contributed by atoms with Gasteiger partial charge in [0.15, 0.2) is 18.3 Å². The van der Waals surface area contributed by atoms with Crippen molar-refractivity contribution in [2.45, 2.75) is 31.3 Å². The normalized spacial score (nSPS) is 17.5. The van der Waals surface area contributed by atoms with Gasteiger partial charge in [0.2, 0.25) is 0 Å². The van der Waals surface area contributed by atoms with Crippen LogP contribution >= 0.6 is 0 Å². The fraction of sp³-hybridized carbons (Fsp3) is 0.368. The third-order valence-corrected chi connectivity index (χ3v) is 4.57. The number of nitrogens with two attached hydrogens (primary N) is 1. The molecule has 3 rings (SSSR count). The van der Waals surface area contributed by atoms with Crippen molar-refractivity contribution >= 4 is 5.91 Å². The molecule has 1 saturated carbocycles. The minimum atomic E-state index is -0.752. The predicted octanol–water partition coefficient (Wildman–Crippen LogP) is 1.74. The van der Waals surface area contributed by atoms with Gasteiger partial charge in [0, 0.05) is 5.56 Å². The van der Waals surface area contributed by atoms with E-state index in [-0.39, 0.29) is 24.4 Å². The Morgan fingerprint density at radius 3 is 2.71 bits per heavy atom. The van der Waals surface area contributed by atoms with E-state index in [1.54, 1.807) is 6.26 Å². The molecule has 1 aliphatic rings. The predicted molar refractivity (Wildman–Crippen MR) is 88.7 cm³/mol. The number of nitrogens with one attached hydrogen (secondary N) is 1. The molecule has 1 aliphatic carbocycles. The van der Waals surface area contributed by atoms with E-state index in [4.69, 9.17) is 4.42 Å². The maximum Gasteiger partial charge on any atom is 0.276 e. The maximum absolute atomic E-state index is 12.3. The third-order valence-electron chi connectivity index (χ3n) is 4.57. The molecule has 2 aromatic rings. The number of rotatable bonds is 7. The molecule has 1 heterocycles. The van der Waals surface area contributed by atoms with Crippen LogP contribution in [-0.2, 0) is 4.79 Å². The molecule has 0 radical (unpaired) electrons. The summed E-state index contributed by atoms with van der Waals surface area (Å²) in [6.45, 7) is 2.05. The van der Waals surface area contributed by atoms with Crippen LogP contribution in [0.15, 0.2) is 53.1 Å². The lowest BCUT2D eigenvalue weighted by Gasteiger charge is -2.23. The molecule has 0 spiro atoms. The number of quaternary nitrogens is 1. The van der Waals surface area contributed by atoms with E-state index in [9.17, 15) is 10.1 Å². The van der Waals surface area contributed by atoms with Crippen molar-refractivity contribution in [2.75, 3.05) is 6.54 Å². The molecule has 0 unspecified atom stereocenters. The first-order valence-corrected chi connectivity index (χ1v) is 8.26. The summed E-state index contributed by atoms with van der Waals surface area (Å²) in [4.78, 5) is 12.3. The highest BCUT2D eigenvalue weighted by atomic mass is 16.3. The number of benzene rings is 1. The van der Waals surface area contributed by atoms with Crippen molar-refractivity contribution in [1.82, 2.24) is 5.32 Å². The van der Waals surface area contributed by atoms with Gasteiger partial charge in [0.25, 0.3) is 5.91 Å². The highest BCUT2D eigenvalue weighted by molar-refractivity contribution is 5.78. The number of carbonyl (C=O) groups is 1. The summed E-state index contributed by atoms with van der Waals surface area (Å²) in [5, 5.41) is 14.2. The van der Waals surface area contributed by atoms with Crippen molar-refractivity contribution in [3.8, 4) is 6.07 Å². The van der Waals surface area contributed by atoms with Gasteiger partial charge in [-0.25, -0.2) is 0 Å². The second-order valence-corrected chi connectivity index (χ2v) is 6.48. The van der Waals surface area contributed by atoms with Crippen LogP contribution in [0.4, 0.5) is 0 Å². The lowest BCUT2D eigenvalue weighted by atomic mass is 9.98. The largest absolute Gasteiger partial charge is 0.463 e. The molecule has 5 nitrogen and oxygen atoms in total. The summed E-state index contributed by atoms with van der Waals surface area (Å²) in [6, 6.07) is 15.9. The molecule has 2 atom stereocenters. The Morgan fingerprint density at radius 2 is 2.12 bits per heavy atom. The fourth-order valence-electron chi connectivity index (χ4n) is 2.99. The summed E-state index contributed by atoms with van der Waals surface area (Å²) in [5.41, 5.74) is 0.322. The van der Waals surface area contributed by atoms with Crippen molar-refractivity contribution < 1.29 is 14.5 Å². The van der Waals surface area contributed by atoms with Gasteiger partial charge in [0.1, 0.15) is 5.54 Å². The lowest BCUT2D eigenvalue weighted by molar-refractivity contribution is -0.678. The van der Waals surface area contributed by atoms with Crippen LogP contribution in [0.1, 0.15) is 37.1 Å². The van der Waals surface area contributed by atoms with E-state index < -0.39 is 5.54 Å². The first kappa shape index (κ1) is 16.3. The van der Waals surface area contributed by atoms with E-state index in [1.165, 1.54) is 0 Å². The van der Waals surface area contributed by atoms with E-state index in [1.807, 2.05) is 54.7 Å². The maximum atomic E-state index is 12.3. The highest BCUT2D eigenvalue weighted by Crippen LogP contribution is 2.39. The van der Waals surface area contributed by atoms with Gasteiger partial charge in [0.05, 0.1) is 12.3 Å². The van der Waals surface area contributed by atoms with E-state index in [0.29, 0.717) is 0 Å².